The average Bonchev–Trinajstić information content (AvgIpc) is 3.04. The number of hydrogen-bond acceptors (Lipinski definition) is 5. The van der Waals surface area contributed by atoms with Crippen molar-refractivity contribution in [2.24, 2.45) is 0 Å². The normalized spacial score (nSPS) is 11.6. The van der Waals surface area contributed by atoms with Gasteiger partial charge in [-0.1, -0.05) is 0 Å². The molecule has 3 aromatic rings. The predicted molar refractivity (Wildman–Crippen MR) is 109 cm³/mol. The second-order valence-corrected chi connectivity index (χ2v) is 9.17. The first-order valence-corrected chi connectivity index (χ1v) is 11.0. The number of thiazole rings is 1. The topological polar surface area (TPSA) is 68.3 Å². The number of methoxy groups -OCH3 is 1. The molecule has 0 spiro atoms. The van der Waals surface area contributed by atoms with E-state index in [-0.39, 0.29) is 11.4 Å². The summed E-state index contributed by atoms with van der Waals surface area (Å²) >= 11 is 1.54. The van der Waals surface area contributed by atoms with Gasteiger partial charge in [0.25, 0.3) is 0 Å². The fourth-order valence-electron chi connectivity index (χ4n) is 2.68. The molecule has 0 aliphatic rings. The van der Waals surface area contributed by atoms with Crippen molar-refractivity contribution in [1.82, 2.24) is 9.71 Å². The largest absolute Gasteiger partial charge is 0.497 e. The molecular formula is C20H21FN2O3S2. The average molecular weight is 421 g/mol. The Balaban J connectivity index is 1.67. The maximum Gasteiger partial charge on any atom is 0.240 e. The monoisotopic (exact) mass is 420 g/mol. The van der Waals surface area contributed by atoms with E-state index in [9.17, 15) is 12.8 Å². The Hall–Kier alpha value is -2.29. The van der Waals surface area contributed by atoms with E-state index in [2.05, 4.69) is 9.71 Å². The number of hydrogen-bond donors (Lipinski definition) is 1. The lowest BCUT2D eigenvalue weighted by molar-refractivity contribution is 0.415. The molecule has 1 aromatic heterocycles. The van der Waals surface area contributed by atoms with E-state index in [4.69, 9.17) is 4.74 Å². The van der Waals surface area contributed by atoms with E-state index < -0.39 is 15.8 Å². The molecule has 0 fully saturated rings. The van der Waals surface area contributed by atoms with Crippen molar-refractivity contribution in [3.05, 3.63) is 64.4 Å². The van der Waals surface area contributed by atoms with Crippen LogP contribution in [0, 0.1) is 19.7 Å². The van der Waals surface area contributed by atoms with E-state index in [1.54, 1.807) is 18.4 Å². The molecule has 1 heterocycles. The Morgan fingerprint density at radius 1 is 1.14 bits per heavy atom. The highest BCUT2D eigenvalue weighted by Gasteiger charge is 2.16. The SMILES string of the molecule is COc1ccc(-c2nc(C)c(CCNS(=O)(=O)c3ccc(F)c(C)c3)s2)cc1. The minimum Gasteiger partial charge on any atom is -0.497 e. The molecule has 3 rings (SSSR count). The molecule has 5 nitrogen and oxygen atoms in total. The Labute approximate surface area is 168 Å². The van der Waals surface area contributed by atoms with Crippen LogP contribution in [0.3, 0.4) is 0 Å². The van der Waals surface area contributed by atoms with Gasteiger partial charge in [-0.2, -0.15) is 0 Å². The van der Waals surface area contributed by atoms with Gasteiger partial charge in [0.1, 0.15) is 16.6 Å². The lowest BCUT2D eigenvalue weighted by atomic mass is 10.2. The Morgan fingerprint density at radius 2 is 1.86 bits per heavy atom. The van der Waals surface area contributed by atoms with Crippen LogP contribution in [0.5, 0.6) is 5.75 Å². The van der Waals surface area contributed by atoms with Gasteiger partial charge in [0, 0.05) is 17.0 Å². The lowest BCUT2D eigenvalue weighted by Gasteiger charge is -2.07. The summed E-state index contributed by atoms with van der Waals surface area (Å²) in [4.78, 5) is 5.67. The quantitative estimate of drug-likeness (QED) is 0.625. The number of nitrogens with zero attached hydrogens (tertiary/aromatic N) is 1. The standard InChI is InChI=1S/C20H21FN2O3S2/c1-13-12-17(8-9-18(13)21)28(24,25)22-11-10-19-14(2)23-20(27-19)15-4-6-16(26-3)7-5-15/h4-9,12,22H,10-11H2,1-3H3. The number of sulfonamides is 1. The minimum absolute atomic E-state index is 0.0614. The fraction of sp³-hybridized carbons (Fsp3) is 0.250. The van der Waals surface area contributed by atoms with Crippen molar-refractivity contribution in [1.29, 1.82) is 0 Å². The van der Waals surface area contributed by atoms with Crippen LogP contribution in [-0.4, -0.2) is 27.1 Å². The van der Waals surface area contributed by atoms with Crippen molar-refractivity contribution in [2.45, 2.75) is 25.2 Å². The molecular weight excluding hydrogens is 399 g/mol. The molecule has 0 bridgehead atoms. The van der Waals surface area contributed by atoms with Crippen LogP contribution in [0.25, 0.3) is 10.6 Å². The zero-order valence-electron chi connectivity index (χ0n) is 15.8. The number of nitrogens with one attached hydrogen (secondary N) is 1. The van der Waals surface area contributed by atoms with Gasteiger partial charge in [-0.15, -0.1) is 11.3 Å². The summed E-state index contributed by atoms with van der Waals surface area (Å²) in [6, 6.07) is 11.4. The van der Waals surface area contributed by atoms with Crippen LogP contribution >= 0.6 is 11.3 Å². The Morgan fingerprint density at radius 3 is 2.50 bits per heavy atom. The molecule has 2 aromatic carbocycles. The van der Waals surface area contributed by atoms with Gasteiger partial charge >= 0.3 is 0 Å². The molecule has 0 saturated carbocycles. The van der Waals surface area contributed by atoms with Crippen LogP contribution in [-0.2, 0) is 16.4 Å². The van der Waals surface area contributed by atoms with Crippen LogP contribution in [0.4, 0.5) is 4.39 Å². The summed E-state index contributed by atoms with van der Waals surface area (Å²) in [7, 11) is -2.06. The van der Waals surface area contributed by atoms with Gasteiger partial charge in [-0.3, -0.25) is 0 Å². The molecule has 0 amide bonds. The highest BCUT2D eigenvalue weighted by Crippen LogP contribution is 2.29. The van der Waals surface area contributed by atoms with Crippen molar-refractivity contribution in [2.75, 3.05) is 13.7 Å². The first-order valence-electron chi connectivity index (χ1n) is 8.66. The number of benzene rings is 2. The Bertz CT molecular complexity index is 1080. The highest BCUT2D eigenvalue weighted by atomic mass is 32.2. The molecule has 28 heavy (non-hydrogen) atoms. The number of ether oxygens (including phenoxy) is 1. The maximum atomic E-state index is 13.4. The number of aryl methyl sites for hydroxylation is 2. The number of halogens is 1. The molecule has 0 unspecified atom stereocenters. The number of rotatable bonds is 7. The summed E-state index contributed by atoms with van der Waals surface area (Å²) < 4.78 is 45.9. The number of aromatic nitrogens is 1. The van der Waals surface area contributed by atoms with Crippen LogP contribution < -0.4 is 9.46 Å². The van der Waals surface area contributed by atoms with Crippen molar-refractivity contribution in [3.8, 4) is 16.3 Å². The summed E-state index contributed by atoms with van der Waals surface area (Å²) in [6.07, 6.45) is 0.527. The van der Waals surface area contributed by atoms with E-state index >= 15 is 0 Å². The van der Waals surface area contributed by atoms with Crippen molar-refractivity contribution >= 4 is 21.4 Å². The lowest BCUT2D eigenvalue weighted by Crippen LogP contribution is -2.26. The third-order valence-electron chi connectivity index (χ3n) is 4.31. The molecule has 0 aliphatic heterocycles. The second-order valence-electron chi connectivity index (χ2n) is 6.31. The van der Waals surface area contributed by atoms with E-state index in [0.717, 1.165) is 26.9 Å². The zero-order valence-corrected chi connectivity index (χ0v) is 17.5. The van der Waals surface area contributed by atoms with Gasteiger partial charge in [-0.25, -0.2) is 22.5 Å². The van der Waals surface area contributed by atoms with Crippen molar-refractivity contribution < 1.29 is 17.5 Å². The van der Waals surface area contributed by atoms with Gasteiger partial charge in [0.15, 0.2) is 0 Å². The molecule has 0 radical (unpaired) electrons. The van der Waals surface area contributed by atoms with Gasteiger partial charge in [0.05, 0.1) is 17.7 Å². The molecule has 1 N–H and O–H groups in total. The first-order chi connectivity index (χ1) is 13.3. The smallest absolute Gasteiger partial charge is 0.240 e. The van der Waals surface area contributed by atoms with E-state index in [1.807, 2.05) is 31.2 Å². The summed E-state index contributed by atoms with van der Waals surface area (Å²) in [5.41, 5.74) is 2.17. The van der Waals surface area contributed by atoms with Gasteiger partial charge in [-0.05, 0) is 68.3 Å². The zero-order chi connectivity index (χ0) is 20.3. The third-order valence-corrected chi connectivity index (χ3v) is 7.04. The summed E-state index contributed by atoms with van der Waals surface area (Å²) in [5.74, 6) is 0.355. The fourth-order valence-corrected chi connectivity index (χ4v) is 4.87. The highest BCUT2D eigenvalue weighted by molar-refractivity contribution is 7.89. The van der Waals surface area contributed by atoms with Crippen LogP contribution in [0.2, 0.25) is 0 Å². The molecule has 0 aliphatic carbocycles. The summed E-state index contributed by atoms with van der Waals surface area (Å²) in [6.45, 7) is 3.69. The van der Waals surface area contributed by atoms with Crippen molar-refractivity contribution in [3.63, 3.8) is 0 Å². The van der Waals surface area contributed by atoms with E-state index in [0.29, 0.717) is 12.0 Å². The van der Waals surface area contributed by atoms with Crippen LogP contribution in [0.1, 0.15) is 16.1 Å². The van der Waals surface area contributed by atoms with E-state index in [1.165, 1.54) is 25.1 Å². The molecule has 0 atom stereocenters. The van der Waals surface area contributed by atoms with Crippen LogP contribution in [0.15, 0.2) is 47.4 Å². The molecule has 8 heteroatoms. The first kappa shape index (κ1) is 20.4. The molecule has 148 valence electrons. The maximum absolute atomic E-state index is 13.4. The summed E-state index contributed by atoms with van der Waals surface area (Å²) in [5, 5.41) is 0.882. The van der Waals surface area contributed by atoms with Gasteiger partial charge < -0.3 is 4.74 Å². The third kappa shape index (κ3) is 4.57. The minimum atomic E-state index is -3.68. The molecule has 0 saturated heterocycles. The second kappa shape index (κ2) is 8.38. The van der Waals surface area contributed by atoms with Gasteiger partial charge in [0.2, 0.25) is 10.0 Å². The predicted octanol–water partition coefficient (Wildman–Crippen LogP) is 4.10. The Kier molecular flexibility index (Phi) is 6.12.